The number of aliphatic hydroxyl groups excluding tert-OH is 1. The van der Waals surface area contributed by atoms with Crippen LogP contribution in [0, 0.1) is 5.82 Å². The van der Waals surface area contributed by atoms with Gasteiger partial charge >= 0.3 is 5.97 Å². The van der Waals surface area contributed by atoms with Crippen LogP contribution in [-0.4, -0.2) is 41.4 Å². The lowest BCUT2D eigenvalue weighted by Gasteiger charge is -2.32. The standard InChI is InChI=1S/C20H21FN2O4/c1-20(10-16(24)19(25)27-3,14-9-13(21)4-5-17(14)26-2)18-8-12-11-22-7-6-15(12)23-18/h4-9,11,16,23-24H,10H2,1-3H3. The number of H-pyrrole nitrogens is 1. The highest BCUT2D eigenvalue weighted by molar-refractivity contribution is 5.80. The van der Waals surface area contributed by atoms with Crippen molar-refractivity contribution in [3.63, 3.8) is 0 Å². The number of carbonyl (C=O) groups excluding carboxylic acids is 1. The van der Waals surface area contributed by atoms with Gasteiger partial charge in [-0.05, 0) is 43.7 Å². The summed E-state index contributed by atoms with van der Waals surface area (Å²) >= 11 is 0. The van der Waals surface area contributed by atoms with Crippen LogP contribution in [0.15, 0.2) is 42.7 Å². The summed E-state index contributed by atoms with van der Waals surface area (Å²) in [5, 5.41) is 11.2. The minimum Gasteiger partial charge on any atom is -0.496 e. The Labute approximate surface area is 156 Å². The number of pyridine rings is 1. The minimum absolute atomic E-state index is 0.0280. The molecule has 2 heterocycles. The average Bonchev–Trinajstić information content (AvgIpc) is 3.12. The number of methoxy groups -OCH3 is 2. The second-order valence-electron chi connectivity index (χ2n) is 6.57. The number of benzene rings is 1. The number of nitrogens with one attached hydrogen (secondary N) is 1. The molecule has 0 spiro atoms. The fourth-order valence-corrected chi connectivity index (χ4v) is 3.35. The second-order valence-corrected chi connectivity index (χ2v) is 6.57. The van der Waals surface area contributed by atoms with E-state index in [4.69, 9.17) is 4.74 Å². The molecular weight excluding hydrogens is 351 g/mol. The van der Waals surface area contributed by atoms with Gasteiger partial charge in [-0.15, -0.1) is 0 Å². The van der Waals surface area contributed by atoms with E-state index in [1.807, 2.05) is 19.1 Å². The summed E-state index contributed by atoms with van der Waals surface area (Å²) in [6.45, 7) is 1.81. The van der Waals surface area contributed by atoms with E-state index in [0.717, 1.165) is 10.9 Å². The normalized spacial score (nSPS) is 14.6. The average molecular weight is 372 g/mol. The summed E-state index contributed by atoms with van der Waals surface area (Å²) in [5.74, 6) is -0.746. The summed E-state index contributed by atoms with van der Waals surface area (Å²) in [6, 6.07) is 7.87. The van der Waals surface area contributed by atoms with Gasteiger partial charge in [-0.2, -0.15) is 0 Å². The van der Waals surface area contributed by atoms with Crippen LogP contribution in [0.2, 0.25) is 0 Å². The fourth-order valence-electron chi connectivity index (χ4n) is 3.35. The Morgan fingerprint density at radius 2 is 2.11 bits per heavy atom. The number of hydrogen-bond donors (Lipinski definition) is 2. The van der Waals surface area contributed by atoms with E-state index in [9.17, 15) is 14.3 Å². The Balaban J connectivity index is 2.20. The van der Waals surface area contributed by atoms with Gasteiger partial charge in [0.1, 0.15) is 11.6 Å². The molecule has 0 aliphatic heterocycles. The highest BCUT2D eigenvalue weighted by Crippen LogP contribution is 2.42. The van der Waals surface area contributed by atoms with E-state index >= 15 is 0 Å². The first-order valence-electron chi connectivity index (χ1n) is 8.42. The largest absolute Gasteiger partial charge is 0.496 e. The summed E-state index contributed by atoms with van der Waals surface area (Å²) in [5.41, 5.74) is 1.08. The third-order valence-corrected chi connectivity index (χ3v) is 4.85. The summed E-state index contributed by atoms with van der Waals surface area (Å²) in [7, 11) is 2.70. The van der Waals surface area contributed by atoms with Crippen molar-refractivity contribution >= 4 is 16.9 Å². The first kappa shape index (κ1) is 18.8. The molecule has 0 saturated carbocycles. The van der Waals surface area contributed by atoms with Crippen molar-refractivity contribution in [2.24, 2.45) is 0 Å². The monoisotopic (exact) mass is 372 g/mol. The van der Waals surface area contributed by atoms with Crippen molar-refractivity contribution in [1.82, 2.24) is 9.97 Å². The smallest absolute Gasteiger partial charge is 0.334 e. The van der Waals surface area contributed by atoms with Crippen molar-refractivity contribution in [3.05, 3.63) is 59.8 Å². The Morgan fingerprint density at radius 3 is 2.78 bits per heavy atom. The van der Waals surface area contributed by atoms with Gasteiger partial charge in [0.05, 0.1) is 14.2 Å². The molecule has 2 unspecified atom stereocenters. The highest BCUT2D eigenvalue weighted by Gasteiger charge is 2.38. The van der Waals surface area contributed by atoms with Crippen molar-refractivity contribution in [3.8, 4) is 5.75 Å². The molecule has 0 saturated heterocycles. The summed E-state index contributed by atoms with van der Waals surface area (Å²) < 4.78 is 24.1. The Hall–Kier alpha value is -2.93. The van der Waals surface area contributed by atoms with Crippen molar-refractivity contribution in [2.75, 3.05) is 14.2 Å². The van der Waals surface area contributed by atoms with E-state index in [1.54, 1.807) is 12.4 Å². The molecule has 0 amide bonds. The minimum atomic E-state index is -1.39. The zero-order valence-electron chi connectivity index (χ0n) is 15.3. The van der Waals surface area contributed by atoms with Crippen LogP contribution in [0.1, 0.15) is 24.6 Å². The lowest BCUT2D eigenvalue weighted by molar-refractivity contribution is -0.151. The van der Waals surface area contributed by atoms with Crippen LogP contribution in [-0.2, 0) is 14.9 Å². The lowest BCUT2D eigenvalue weighted by atomic mass is 9.74. The number of carbonyl (C=O) groups is 1. The van der Waals surface area contributed by atoms with Gasteiger partial charge < -0.3 is 19.6 Å². The van der Waals surface area contributed by atoms with E-state index in [-0.39, 0.29) is 6.42 Å². The number of aromatic amines is 1. The second kappa shape index (κ2) is 7.36. The molecule has 3 rings (SSSR count). The molecule has 1 aromatic carbocycles. The molecule has 142 valence electrons. The van der Waals surface area contributed by atoms with Crippen LogP contribution in [0.3, 0.4) is 0 Å². The van der Waals surface area contributed by atoms with Crippen molar-refractivity contribution < 1.29 is 23.8 Å². The molecule has 27 heavy (non-hydrogen) atoms. The Morgan fingerprint density at radius 1 is 1.33 bits per heavy atom. The van der Waals surface area contributed by atoms with Gasteiger partial charge in [0.15, 0.2) is 6.10 Å². The topological polar surface area (TPSA) is 84.4 Å². The number of aromatic nitrogens is 2. The molecule has 0 aliphatic carbocycles. The SMILES string of the molecule is COC(=O)C(O)CC(C)(c1cc2cnccc2[nH]1)c1cc(F)ccc1OC. The van der Waals surface area contributed by atoms with E-state index < -0.39 is 23.3 Å². The van der Waals surface area contributed by atoms with Gasteiger partial charge in [-0.1, -0.05) is 0 Å². The molecule has 0 fully saturated rings. The van der Waals surface area contributed by atoms with Gasteiger partial charge in [-0.3, -0.25) is 4.98 Å². The predicted molar refractivity (Wildman–Crippen MR) is 98.1 cm³/mol. The summed E-state index contributed by atoms with van der Waals surface area (Å²) in [6.07, 6.45) is 1.94. The summed E-state index contributed by atoms with van der Waals surface area (Å²) in [4.78, 5) is 19.2. The van der Waals surface area contributed by atoms with Crippen LogP contribution >= 0.6 is 0 Å². The molecule has 2 atom stereocenters. The number of halogens is 1. The zero-order chi connectivity index (χ0) is 19.6. The number of esters is 1. The third kappa shape index (κ3) is 3.50. The molecule has 3 aromatic rings. The van der Waals surface area contributed by atoms with Crippen LogP contribution in [0.25, 0.3) is 10.9 Å². The Bertz CT molecular complexity index is 939. The number of rotatable bonds is 6. The molecule has 0 aliphatic rings. The number of nitrogens with zero attached hydrogens (tertiary/aromatic N) is 1. The Kier molecular flexibility index (Phi) is 5.14. The van der Waals surface area contributed by atoms with E-state index in [0.29, 0.717) is 17.0 Å². The third-order valence-electron chi connectivity index (χ3n) is 4.85. The molecule has 7 heteroatoms. The molecule has 0 bridgehead atoms. The molecular formula is C20H21FN2O4. The van der Waals surface area contributed by atoms with Crippen LogP contribution < -0.4 is 4.74 Å². The van der Waals surface area contributed by atoms with E-state index in [2.05, 4.69) is 14.7 Å². The fraction of sp³-hybridized carbons (Fsp3) is 0.300. The number of aliphatic hydroxyl groups is 1. The molecule has 2 aromatic heterocycles. The maximum Gasteiger partial charge on any atom is 0.334 e. The maximum atomic E-state index is 14.1. The van der Waals surface area contributed by atoms with Crippen molar-refractivity contribution in [2.45, 2.75) is 24.9 Å². The lowest BCUT2D eigenvalue weighted by Crippen LogP contribution is -2.34. The maximum absolute atomic E-state index is 14.1. The molecule has 0 radical (unpaired) electrons. The molecule has 2 N–H and O–H groups in total. The van der Waals surface area contributed by atoms with Gasteiger partial charge in [0.2, 0.25) is 0 Å². The quantitative estimate of drug-likeness (QED) is 0.650. The van der Waals surface area contributed by atoms with Crippen LogP contribution in [0.5, 0.6) is 5.75 Å². The van der Waals surface area contributed by atoms with Gasteiger partial charge in [0.25, 0.3) is 0 Å². The first-order valence-corrected chi connectivity index (χ1v) is 8.42. The van der Waals surface area contributed by atoms with E-state index in [1.165, 1.54) is 32.4 Å². The van der Waals surface area contributed by atoms with Gasteiger partial charge in [0, 0.05) is 40.0 Å². The first-order chi connectivity index (χ1) is 12.9. The zero-order valence-corrected chi connectivity index (χ0v) is 15.3. The number of fused-ring (bicyclic) bond motifs is 1. The molecule has 6 nitrogen and oxygen atoms in total. The van der Waals surface area contributed by atoms with Crippen molar-refractivity contribution in [1.29, 1.82) is 0 Å². The van der Waals surface area contributed by atoms with Gasteiger partial charge in [-0.25, -0.2) is 9.18 Å². The number of ether oxygens (including phenoxy) is 2. The highest BCUT2D eigenvalue weighted by atomic mass is 19.1. The van der Waals surface area contributed by atoms with Crippen LogP contribution in [0.4, 0.5) is 4.39 Å². The predicted octanol–water partition coefficient (Wildman–Crippen LogP) is 2.94. The number of hydrogen-bond acceptors (Lipinski definition) is 5.